The van der Waals surface area contributed by atoms with E-state index in [1.807, 2.05) is 39.0 Å². The predicted molar refractivity (Wildman–Crippen MR) is 52.5 cm³/mol. The average Bonchev–Trinajstić information content (AvgIpc) is 1.86. The predicted octanol–water partition coefficient (Wildman–Crippen LogP) is 3.64. The molecule has 0 heterocycles. The summed E-state index contributed by atoms with van der Waals surface area (Å²) in [6, 6.07) is 0. The Hall–Kier alpha value is -1.04. The molecule has 0 saturated carbocycles. The van der Waals surface area contributed by atoms with Crippen LogP contribution in [0, 0.1) is 0 Å². The van der Waals surface area contributed by atoms with Gasteiger partial charge in [0.2, 0.25) is 0 Å². The molecule has 11 heavy (non-hydrogen) atoms. The maximum atomic E-state index is 3.83. The SMILES string of the molecule is C=C(C)/C=C\C=C(/C)C(=C)C. The minimum absolute atomic E-state index is 1.07. The lowest BCUT2D eigenvalue weighted by atomic mass is 10.1. The van der Waals surface area contributed by atoms with Gasteiger partial charge >= 0.3 is 0 Å². The normalized spacial score (nSPS) is 12.1. The zero-order chi connectivity index (χ0) is 8.85. The largest absolute Gasteiger partial charge is 0.0961 e. The number of hydrogen-bond acceptors (Lipinski definition) is 0. The summed E-state index contributed by atoms with van der Waals surface area (Å²) in [6.07, 6.45) is 6.01. The maximum absolute atomic E-state index is 3.83. The highest BCUT2D eigenvalue weighted by Gasteiger charge is 1.84. The van der Waals surface area contributed by atoms with Gasteiger partial charge in [0.15, 0.2) is 0 Å². The summed E-state index contributed by atoms with van der Waals surface area (Å²) in [5.41, 5.74) is 3.38. The summed E-state index contributed by atoms with van der Waals surface area (Å²) < 4.78 is 0. The molecule has 0 spiro atoms. The third-order valence-electron chi connectivity index (χ3n) is 1.40. The molecule has 0 saturated heterocycles. The second-order valence-corrected chi connectivity index (χ2v) is 2.84. The van der Waals surface area contributed by atoms with E-state index in [0.29, 0.717) is 0 Å². The Kier molecular flexibility index (Phi) is 4.28. The fourth-order valence-corrected chi connectivity index (χ4v) is 0.499. The highest BCUT2D eigenvalue weighted by Crippen LogP contribution is 2.04. The molecule has 0 unspecified atom stereocenters. The van der Waals surface area contributed by atoms with E-state index in [2.05, 4.69) is 13.2 Å². The number of allylic oxidation sites excluding steroid dienone is 6. The second kappa shape index (κ2) is 4.73. The third-order valence-corrected chi connectivity index (χ3v) is 1.40. The molecule has 0 radical (unpaired) electrons. The van der Waals surface area contributed by atoms with E-state index in [-0.39, 0.29) is 0 Å². The molecule has 0 bridgehead atoms. The molecule has 0 fully saturated rings. The molecule has 0 N–H and O–H groups in total. The van der Waals surface area contributed by atoms with Gasteiger partial charge in [0.25, 0.3) is 0 Å². The molecule has 0 aliphatic carbocycles. The number of hydrogen-bond donors (Lipinski definition) is 0. The molecule has 0 aliphatic heterocycles. The van der Waals surface area contributed by atoms with Gasteiger partial charge in [-0.25, -0.2) is 0 Å². The van der Waals surface area contributed by atoms with Gasteiger partial charge < -0.3 is 0 Å². The fraction of sp³-hybridized carbons (Fsp3) is 0.273. The molecule has 0 aromatic rings. The first-order valence-electron chi connectivity index (χ1n) is 3.70. The lowest BCUT2D eigenvalue weighted by molar-refractivity contribution is 1.36. The standard InChI is InChI=1S/C11H16/c1-9(2)7-6-8-11(5)10(3)4/h6-8H,1,3H2,2,4-5H3/b7-6-,11-8+. The van der Waals surface area contributed by atoms with Crippen LogP contribution in [0.5, 0.6) is 0 Å². The van der Waals surface area contributed by atoms with Crippen molar-refractivity contribution >= 4 is 0 Å². The van der Waals surface area contributed by atoms with Crippen molar-refractivity contribution in [2.45, 2.75) is 20.8 Å². The molecule has 60 valence electrons. The van der Waals surface area contributed by atoms with Crippen LogP contribution in [0.3, 0.4) is 0 Å². The van der Waals surface area contributed by atoms with Crippen molar-refractivity contribution in [3.63, 3.8) is 0 Å². The first-order valence-corrected chi connectivity index (χ1v) is 3.70. The Morgan fingerprint density at radius 3 is 2.00 bits per heavy atom. The molecule has 0 aliphatic rings. The van der Waals surface area contributed by atoms with Crippen molar-refractivity contribution in [2.75, 3.05) is 0 Å². The molecule has 0 rings (SSSR count). The van der Waals surface area contributed by atoms with Crippen LogP contribution in [0.4, 0.5) is 0 Å². The fourth-order valence-electron chi connectivity index (χ4n) is 0.499. The van der Waals surface area contributed by atoms with Crippen LogP contribution in [-0.2, 0) is 0 Å². The van der Waals surface area contributed by atoms with Crippen LogP contribution in [0.15, 0.2) is 48.1 Å². The van der Waals surface area contributed by atoms with Gasteiger partial charge in [-0.3, -0.25) is 0 Å². The monoisotopic (exact) mass is 148 g/mol. The summed E-state index contributed by atoms with van der Waals surface area (Å²) in [4.78, 5) is 0. The van der Waals surface area contributed by atoms with Crippen LogP contribution in [0.2, 0.25) is 0 Å². The van der Waals surface area contributed by atoms with E-state index >= 15 is 0 Å². The molecule has 0 amide bonds. The Labute approximate surface area is 69.6 Å². The minimum atomic E-state index is 1.07. The Morgan fingerprint density at radius 1 is 1.09 bits per heavy atom. The van der Waals surface area contributed by atoms with E-state index in [4.69, 9.17) is 0 Å². The Bertz CT molecular complexity index is 214. The van der Waals surface area contributed by atoms with E-state index in [1.165, 1.54) is 5.57 Å². The van der Waals surface area contributed by atoms with Gasteiger partial charge in [0.05, 0.1) is 0 Å². The molecular weight excluding hydrogens is 132 g/mol. The van der Waals surface area contributed by atoms with Gasteiger partial charge in [-0.1, -0.05) is 42.5 Å². The zero-order valence-electron chi connectivity index (χ0n) is 7.65. The Morgan fingerprint density at radius 2 is 1.64 bits per heavy atom. The maximum Gasteiger partial charge on any atom is -0.0395 e. The van der Waals surface area contributed by atoms with Gasteiger partial charge in [0, 0.05) is 0 Å². The van der Waals surface area contributed by atoms with Crippen molar-refractivity contribution in [3.05, 3.63) is 48.1 Å². The van der Waals surface area contributed by atoms with Crippen molar-refractivity contribution < 1.29 is 0 Å². The quantitative estimate of drug-likeness (QED) is 0.536. The molecule has 0 aromatic carbocycles. The van der Waals surface area contributed by atoms with Crippen LogP contribution in [0.1, 0.15) is 20.8 Å². The lowest BCUT2D eigenvalue weighted by Gasteiger charge is -1.94. The van der Waals surface area contributed by atoms with Crippen molar-refractivity contribution in [3.8, 4) is 0 Å². The lowest BCUT2D eigenvalue weighted by Crippen LogP contribution is -1.73. The summed E-state index contributed by atoms with van der Waals surface area (Å²) >= 11 is 0. The first kappa shape index (κ1) is 9.96. The first-order chi connectivity index (χ1) is 5.04. The average molecular weight is 148 g/mol. The van der Waals surface area contributed by atoms with Crippen LogP contribution < -0.4 is 0 Å². The van der Waals surface area contributed by atoms with E-state index in [1.54, 1.807) is 0 Å². The van der Waals surface area contributed by atoms with Gasteiger partial charge in [0.1, 0.15) is 0 Å². The van der Waals surface area contributed by atoms with Crippen LogP contribution in [0.25, 0.3) is 0 Å². The molecular formula is C11H16. The third kappa shape index (κ3) is 5.41. The zero-order valence-corrected chi connectivity index (χ0v) is 7.65. The smallest absolute Gasteiger partial charge is 0.0395 e. The summed E-state index contributed by atoms with van der Waals surface area (Å²) in [5.74, 6) is 0. The van der Waals surface area contributed by atoms with E-state index in [0.717, 1.165) is 11.1 Å². The minimum Gasteiger partial charge on any atom is -0.0961 e. The molecule has 0 atom stereocenters. The summed E-state index contributed by atoms with van der Waals surface area (Å²) in [5, 5.41) is 0. The highest BCUT2D eigenvalue weighted by atomic mass is 13.9. The van der Waals surface area contributed by atoms with Crippen LogP contribution in [-0.4, -0.2) is 0 Å². The molecule has 0 heteroatoms. The number of rotatable bonds is 3. The summed E-state index contributed by atoms with van der Waals surface area (Å²) in [6.45, 7) is 13.6. The van der Waals surface area contributed by atoms with E-state index in [9.17, 15) is 0 Å². The second-order valence-electron chi connectivity index (χ2n) is 2.84. The van der Waals surface area contributed by atoms with Crippen molar-refractivity contribution in [1.82, 2.24) is 0 Å². The van der Waals surface area contributed by atoms with E-state index < -0.39 is 0 Å². The topological polar surface area (TPSA) is 0 Å². The highest BCUT2D eigenvalue weighted by molar-refractivity contribution is 5.29. The summed E-state index contributed by atoms with van der Waals surface area (Å²) in [7, 11) is 0. The molecule has 0 nitrogen and oxygen atoms in total. The van der Waals surface area contributed by atoms with Crippen molar-refractivity contribution in [1.29, 1.82) is 0 Å². The van der Waals surface area contributed by atoms with Gasteiger partial charge in [-0.05, 0) is 26.3 Å². The van der Waals surface area contributed by atoms with Gasteiger partial charge in [-0.2, -0.15) is 0 Å². The van der Waals surface area contributed by atoms with Crippen LogP contribution >= 0.6 is 0 Å². The Balaban J connectivity index is 4.13. The molecule has 0 aromatic heterocycles. The van der Waals surface area contributed by atoms with Crippen molar-refractivity contribution in [2.24, 2.45) is 0 Å². The van der Waals surface area contributed by atoms with Gasteiger partial charge in [-0.15, -0.1) is 0 Å².